The maximum Gasteiger partial charge on any atom is 0.243 e. The summed E-state index contributed by atoms with van der Waals surface area (Å²) >= 11 is 0. The van der Waals surface area contributed by atoms with Crippen molar-refractivity contribution in [3.05, 3.63) is 48.5 Å². The van der Waals surface area contributed by atoms with Gasteiger partial charge in [0, 0.05) is 6.07 Å². The van der Waals surface area contributed by atoms with Crippen molar-refractivity contribution >= 4 is 21.6 Å². The first-order chi connectivity index (χ1) is 13.8. The first-order valence-electron chi connectivity index (χ1n) is 8.94. The molecule has 0 radical (unpaired) electrons. The van der Waals surface area contributed by atoms with Gasteiger partial charge in [-0.2, -0.15) is 0 Å². The number of nitrogens with one attached hydrogen (secondary N) is 1. The second kappa shape index (κ2) is 10.0. The van der Waals surface area contributed by atoms with Crippen molar-refractivity contribution in [2.24, 2.45) is 0 Å². The van der Waals surface area contributed by atoms with E-state index in [1.807, 2.05) is 0 Å². The van der Waals surface area contributed by atoms with E-state index in [-0.39, 0.29) is 13.2 Å². The molecule has 0 aliphatic heterocycles. The highest BCUT2D eigenvalue weighted by molar-refractivity contribution is 7.92. The summed E-state index contributed by atoms with van der Waals surface area (Å²) in [6.45, 7) is 1.98. The summed E-state index contributed by atoms with van der Waals surface area (Å²) in [5.41, 5.74) is 0.378. The lowest BCUT2D eigenvalue weighted by Crippen LogP contribution is -2.48. The van der Waals surface area contributed by atoms with Crippen molar-refractivity contribution < 1.29 is 27.4 Å². The largest absolute Gasteiger partial charge is 0.497 e. The third kappa shape index (κ3) is 6.28. The molecule has 0 fully saturated rings. The quantitative estimate of drug-likeness (QED) is 0.589. The molecule has 1 N–H and O–H groups in total. The summed E-state index contributed by atoms with van der Waals surface area (Å²) in [6.07, 6.45) is 1.06. The minimum Gasteiger partial charge on any atom is -0.497 e. The lowest BCUT2D eigenvalue weighted by Gasteiger charge is -2.28. The van der Waals surface area contributed by atoms with Crippen LogP contribution in [-0.4, -0.2) is 54.0 Å². The molecule has 2 aromatic carbocycles. The SMILES string of the molecule is COc1ccc(N(C(C)C(=O)NCCOc2cccc(OC)c2)S(C)(=O)=O)cc1. The highest BCUT2D eigenvalue weighted by Crippen LogP contribution is 2.24. The van der Waals surface area contributed by atoms with Crippen molar-refractivity contribution in [3.8, 4) is 17.2 Å². The van der Waals surface area contributed by atoms with E-state index in [0.717, 1.165) is 10.6 Å². The second-order valence-electron chi connectivity index (χ2n) is 6.25. The Balaban J connectivity index is 1.97. The molecule has 1 unspecified atom stereocenters. The number of amides is 1. The summed E-state index contributed by atoms with van der Waals surface area (Å²) < 4.78 is 41.4. The topological polar surface area (TPSA) is 94.2 Å². The van der Waals surface area contributed by atoms with Crippen LogP contribution in [-0.2, 0) is 14.8 Å². The van der Waals surface area contributed by atoms with Crippen LogP contribution in [0.3, 0.4) is 0 Å². The van der Waals surface area contributed by atoms with Crippen molar-refractivity contribution in [1.29, 1.82) is 0 Å². The van der Waals surface area contributed by atoms with Gasteiger partial charge in [0.1, 0.15) is 29.9 Å². The highest BCUT2D eigenvalue weighted by Gasteiger charge is 2.28. The van der Waals surface area contributed by atoms with E-state index >= 15 is 0 Å². The van der Waals surface area contributed by atoms with Crippen LogP contribution in [0.4, 0.5) is 5.69 Å². The number of hydrogen-bond donors (Lipinski definition) is 1. The van der Waals surface area contributed by atoms with Gasteiger partial charge in [0.25, 0.3) is 0 Å². The first-order valence-corrected chi connectivity index (χ1v) is 10.8. The third-order valence-electron chi connectivity index (χ3n) is 4.13. The van der Waals surface area contributed by atoms with E-state index < -0.39 is 22.0 Å². The van der Waals surface area contributed by atoms with Crippen LogP contribution < -0.4 is 23.8 Å². The van der Waals surface area contributed by atoms with Gasteiger partial charge in [0.05, 0.1) is 32.7 Å². The molecule has 0 spiro atoms. The van der Waals surface area contributed by atoms with Crippen LogP contribution in [0.5, 0.6) is 17.2 Å². The Morgan fingerprint density at radius 2 is 1.66 bits per heavy atom. The highest BCUT2D eigenvalue weighted by atomic mass is 32.2. The Labute approximate surface area is 171 Å². The van der Waals surface area contributed by atoms with E-state index in [0.29, 0.717) is 22.9 Å². The molecule has 0 aliphatic rings. The van der Waals surface area contributed by atoms with Gasteiger partial charge in [0.15, 0.2) is 0 Å². The van der Waals surface area contributed by atoms with Crippen molar-refractivity contribution in [1.82, 2.24) is 5.32 Å². The molecule has 29 heavy (non-hydrogen) atoms. The number of benzene rings is 2. The molecule has 2 aromatic rings. The van der Waals surface area contributed by atoms with E-state index in [9.17, 15) is 13.2 Å². The van der Waals surface area contributed by atoms with Gasteiger partial charge < -0.3 is 19.5 Å². The zero-order valence-corrected chi connectivity index (χ0v) is 17.7. The Hall–Kier alpha value is -2.94. The standard InChI is InChI=1S/C20H26N2O6S/c1-15(22(29(4,24)25)16-8-10-17(26-2)11-9-16)20(23)21-12-13-28-19-7-5-6-18(14-19)27-3/h5-11,14-15H,12-13H2,1-4H3,(H,21,23). The molecule has 1 amide bonds. The molecular formula is C20H26N2O6S. The monoisotopic (exact) mass is 422 g/mol. The second-order valence-corrected chi connectivity index (χ2v) is 8.11. The van der Waals surface area contributed by atoms with Crippen LogP contribution in [0.15, 0.2) is 48.5 Å². The zero-order chi connectivity index (χ0) is 21.4. The number of nitrogens with zero attached hydrogens (tertiary/aromatic N) is 1. The fourth-order valence-electron chi connectivity index (χ4n) is 2.72. The number of sulfonamides is 1. The fourth-order valence-corrected chi connectivity index (χ4v) is 3.89. The smallest absolute Gasteiger partial charge is 0.243 e. The van der Waals surface area contributed by atoms with Crippen molar-refractivity contribution in [2.75, 3.05) is 37.9 Å². The van der Waals surface area contributed by atoms with Gasteiger partial charge in [-0.15, -0.1) is 0 Å². The molecule has 8 nitrogen and oxygen atoms in total. The van der Waals surface area contributed by atoms with Gasteiger partial charge in [0.2, 0.25) is 15.9 Å². The van der Waals surface area contributed by atoms with Gasteiger partial charge in [-0.3, -0.25) is 9.10 Å². The van der Waals surface area contributed by atoms with Crippen molar-refractivity contribution in [3.63, 3.8) is 0 Å². The number of hydrogen-bond acceptors (Lipinski definition) is 6. The van der Waals surface area contributed by atoms with Gasteiger partial charge in [-0.05, 0) is 43.3 Å². The molecule has 0 heterocycles. The molecule has 0 bridgehead atoms. The summed E-state index contributed by atoms with van der Waals surface area (Å²) in [6, 6.07) is 12.6. The van der Waals surface area contributed by atoms with E-state index in [1.54, 1.807) is 55.6 Å². The minimum atomic E-state index is -3.68. The molecule has 1 atom stereocenters. The van der Waals surface area contributed by atoms with Crippen LogP contribution in [0.1, 0.15) is 6.92 Å². The molecule has 0 saturated carbocycles. The normalized spacial score (nSPS) is 12.0. The van der Waals surface area contributed by atoms with Crippen LogP contribution in [0.25, 0.3) is 0 Å². The maximum atomic E-state index is 12.5. The lowest BCUT2D eigenvalue weighted by molar-refractivity contribution is -0.121. The van der Waals surface area contributed by atoms with E-state index in [2.05, 4.69) is 5.32 Å². The lowest BCUT2D eigenvalue weighted by atomic mass is 10.2. The fraction of sp³-hybridized carbons (Fsp3) is 0.350. The van der Waals surface area contributed by atoms with Gasteiger partial charge >= 0.3 is 0 Å². The summed E-state index contributed by atoms with van der Waals surface area (Å²) in [4.78, 5) is 12.5. The number of carbonyl (C=O) groups is 1. The van der Waals surface area contributed by atoms with Crippen LogP contribution >= 0.6 is 0 Å². The summed E-state index contributed by atoms with van der Waals surface area (Å²) in [5.74, 6) is 1.44. The Morgan fingerprint density at radius 1 is 1.03 bits per heavy atom. The summed E-state index contributed by atoms with van der Waals surface area (Å²) in [7, 11) is -0.589. The molecule has 2 rings (SSSR count). The molecule has 158 valence electrons. The predicted molar refractivity (Wildman–Crippen MR) is 111 cm³/mol. The molecular weight excluding hydrogens is 396 g/mol. The number of rotatable bonds is 10. The predicted octanol–water partition coefficient (Wildman–Crippen LogP) is 2.05. The Morgan fingerprint density at radius 3 is 2.24 bits per heavy atom. The Bertz CT molecular complexity index is 915. The third-order valence-corrected chi connectivity index (χ3v) is 5.37. The number of ether oxygens (including phenoxy) is 3. The van der Waals surface area contributed by atoms with Gasteiger partial charge in [-0.1, -0.05) is 6.07 Å². The summed E-state index contributed by atoms with van der Waals surface area (Å²) in [5, 5.41) is 2.70. The van der Waals surface area contributed by atoms with E-state index in [4.69, 9.17) is 14.2 Å². The maximum absolute atomic E-state index is 12.5. The molecule has 0 aromatic heterocycles. The minimum absolute atomic E-state index is 0.223. The molecule has 0 saturated heterocycles. The van der Waals surface area contributed by atoms with Crippen LogP contribution in [0.2, 0.25) is 0 Å². The van der Waals surface area contributed by atoms with Crippen LogP contribution in [0, 0.1) is 0 Å². The molecule has 0 aliphatic carbocycles. The average Bonchev–Trinajstić information content (AvgIpc) is 2.70. The molecule has 9 heteroatoms. The average molecular weight is 423 g/mol. The van der Waals surface area contributed by atoms with Gasteiger partial charge in [-0.25, -0.2) is 8.42 Å². The zero-order valence-electron chi connectivity index (χ0n) is 16.9. The Kier molecular flexibility index (Phi) is 7.72. The number of carbonyl (C=O) groups excluding carboxylic acids is 1. The van der Waals surface area contributed by atoms with E-state index in [1.165, 1.54) is 14.0 Å². The first kappa shape index (κ1) is 22.4. The number of anilines is 1. The van der Waals surface area contributed by atoms with Crippen molar-refractivity contribution in [2.45, 2.75) is 13.0 Å². The number of methoxy groups -OCH3 is 2.